The number of nitrogens with two attached hydrogens (primary N) is 1. The van der Waals surface area contributed by atoms with Crippen LogP contribution in [0, 0.1) is 0 Å². The summed E-state index contributed by atoms with van der Waals surface area (Å²) in [7, 11) is 1.80. The van der Waals surface area contributed by atoms with E-state index in [1.807, 2.05) is 0 Å². The molecule has 3 nitrogen and oxygen atoms in total. The molecule has 2 aliphatic heterocycles. The quantitative estimate of drug-likeness (QED) is 0.643. The van der Waals surface area contributed by atoms with Crippen molar-refractivity contribution in [2.75, 3.05) is 26.7 Å². The predicted molar refractivity (Wildman–Crippen MR) is 48.0 cm³/mol. The zero-order valence-electron chi connectivity index (χ0n) is 7.75. The molecular weight excluding hydrogens is 152 g/mol. The SMILES string of the molecule is CO[C@@H]1CN2CCC[C@@]2(CN)C1. The highest BCUT2D eigenvalue weighted by Crippen LogP contribution is 2.38. The van der Waals surface area contributed by atoms with Crippen LogP contribution in [0.4, 0.5) is 0 Å². The highest BCUT2D eigenvalue weighted by molar-refractivity contribution is 5.04. The average molecular weight is 170 g/mol. The van der Waals surface area contributed by atoms with E-state index in [-0.39, 0.29) is 0 Å². The van der Waals surface area contributed by atoms with Crippen molar-refractivity contribution in [2.45, 2.75) is 30.9 Å². The molecule has 0 saturated carbocycles. The van der Waals surface area contributed by atoms with E-state index in [0.29, 0.717) is 11.6 Å². The van der Waals surface area contributed by atoms with E-state index in [9.17, 15) is 0 Å². The fourth-order valence-corrected chi connectivity index (χ4v) is 2.72. The fraction of sp³-hybridized carbons (Fsp3) is 1.00. The first-order chi connectivity index (χ1) is 5.80. The van der Waals surface area contributed by atoms with E-state index in [1.54, 1.807) is 7.11 Å². The van der Waals surface area contributed by atoms with Crippen molar-refractivity contribution in [2.24, 2.45) is 5.73 Å². The third kappa shape index (κ3) is 1.08. The van der Waals surface area contributed by atoms with E-state index in [0.717, 1.165) is 19.5 Å². The lowest BCUT2D eigenvalue weighted by molar-refractivity contribution is 0.107. The molecule has 0 bridgehead atoms. The molecular formula is C9H18N2O. The summed E-state index contributed by atoms with van der Waals surface area (Å²) in [6.07, 6.45) is 4.14. The summed E-state index contributed by atoms with van der Waals surface area (Å²) in [6.45, 7) is 3.11. The molecule has 0 radical (unpaired) electrons. The van der Waals surface area contributed by atoms with Crippen molar-refractivity contribution < 1.29 is 4.74 Å². The van der Waals surface area contributed by atoms with Gasteiger partial charge in [-0.1, -0.05) is 0 Å². The minimum absolute atomic E-state index is 0.306. The van der Waals surface area contributed by atoms with Gasteiger partial charge in [-0.3, -0.25) is 4.90 Å². The Hall–Kier alpha value is -0.120. The molecule has 0 unspecified atom stereocenters. The summed E-state index contributed by atoms with van der Waals surface area (Å²) in [5.74, 6) is 0. The standard InChI is InChI=1S/C9H18N2O/c1-12-8-5-9(7-10)3-2-4-11(9)6-8/h8H,2-7,10H2,1H3/t8-,9-/m0/s1. The van der Waals surface area contributed by atoms with Crippen LogP contribution in [0.2, 0.25) is 0 Å². The van der Waals surface area contributed by atoms with Crippen molar-refractivity contribution in [3.05, 3.63) is 0 Å². The summed E-state index contributed by atoms with van der Waals surface area (Å²) in [6, 6.07) is 0. The van der Waals surface area contributed by atoms with E-state index in [4.69, 9.17) is 10.5 Å². The van der Waals surface area contributed by atoms with Gasteiger partial charge in [0.05, 0.1) is 6.10 Å². The monoisotopic (exact) mass is 170 g/mol. The van der Waals surface area contributed by atoms with E-state index >= 15 is 0 Å². The van der Waals surface area contributed by atoms with Crippen molar-refractivity contribution in [1.82, 2.24) is 4.90 Å². The molecule has 70 valence electrons. The number of hydrogen-bond acceptors (Lipinski definition) is 3. The van der Waals surface area contributed by atoms with Crippen molar-refractivity contribution in [1.29, 1.82) is 0 Å². The van der Waals surface area contributed by atoms with Crippen LogP contribution in [0.25, 0.3) is 0 Å². The zero-order chi connectivity index (χ0) is 8.60. The zero-order valence-corrected chi connectivity index (χ0v) is 7.75. The molecule has 2 saturated heterocycles. The lowest BCUT2D eigenvalue weighted by Crippen LogP contribution is -2.44. The van der Waals surface area contributed by atoms with Crippen molar-refractivity contribution in [3.63, 3.8) is 0 Å². The number of methoxy groups -OCH3 is 1. The highest BCUT2D eigenvalue weighted by Gasteiger charge is 2.47. The van der Waals surface area contributed by atoms with Crippen LogP contribution in [-0.4, -0.2) is 43.3 Å². The van der Waals surface area contributed by atoms with Crippen LogP contribution in [0.3, 0.4) is 0 Å². The average Bonchev–Trinajstić information content (AvgIpc) is 2.58. The van der Waals surface area contributed by atoms with E-state index in [1.165, 1.54) is 19.4 Å². The van der Waals surface area contributed by atoms with E-state index < -0.39 is 0 Å². The largest absolute Gasteiger partial charge is 0.380 e. The molecule has 0 aromatic heterocycles. The maximum absolute atomic E-state index is 5.83. The van der Waals surface area contributed by atoms with Crippen LogP contribution in [-0.2, 0) is 4.74 Å². The van der Waals surface area contributed by atoms with Gasteiger partial charge in [0, 0.05) is 25.7 Å². The van der Waals surface area contributed by atoms with Crippen LogP contribution in [0.5, 0.6) is 0 Å². The third-order valence-corrected chi connectivity index (χ3v) is 3.49. The molecule has 2 atom stereocenters. The molecule has 2 N–H and O–H groups in total. The van der Waals surface area contributed by atoms with Gasteiger partial charge in [0.1, 0.15) is 0 Å². The van der Waals surface area contributed by atoms with Gasteiger partial charge in [-0.05, 0) is 25.8 Å². The lowest BCUT2D eigenvalue weighted by Gasteiger charge is -2.29. The molecule has 2 fully saturated rings. The molecule has 2 heterocycles. The van der Waals surface area contributed by atoms with Gasteiger partial charge in [0.25, 0.3) is 0 Å². The number of rotatable bonds is 2. The maximum Gasteiger partial charge on any atom is 0.0716 e. The Labute approximate surface area is 73.9 Å². The highest BCUT2D eigenvalue weighted by atomic mass is 16.5. The Morgan fingerprint density at radius 2 is 2.50 bits per heavy atom. The summed E-state index contributed by atoms with van der Waals surface area (Å²) in [5.41, 5.74) is 6.14. The van der Waals surface area contributed by atoms with Gasteiger partial charge < -0.3 is 10.5 Å². The minimum Gasteiger partial charge on any atom is -0.380 e. The summed E-state index contributed by atoms with van der Waals surface area (Å²) in [5, 5.41) is 0. The van der Waals surface area contributed by atoms with Crippen molar-refractivity contribution >= 4 is 0 Å². The van der Waals surface area contributed by atoms with Crippen LogP contribution in [0.1, 0.15) is 19.3 Å². The lowest BCUT2D eigenvalue weighted by atomic mass is 9.94. The number of ether oxygens (including phenoxy) is 1. The Bertz CT molecular complexity index is 174. The molecule has 0 aromatic carbocycles. The second kappa shape index (κ2) is 2.98. The second-order valence-electron chi connectivity index (χ2n) is 4.04. The Kier molecular flexibility index (Phi) is 2.10. The third-order valence-electron chi connectivity index (χ3n) is 3.49. The second-order valence-corrected chi connectivity index (χ2v) is 4.04. The normalized spacial score (nSPS) is 42.0. The van der Waals surface area contributed by atoms with Gasteiger partial charge in [-0.2, -0.15) is 0 Å². The van der Waals surface area contributed by atoms with Gasteiger partial charge in [0.2, 0.25) is 0 Å². The van der Waals surface area contributed by atoms with Gasteiger partial charge in [0.15, 0.2) is 0 Å². The first kappa shape index (κ1) is 8.48. The fourth-order valence-electron chi connectivity index (χ4n) is 2.72. The smallest absolute Gasteiger partial charge is 0.0716 e. The molecule has 0 aromatic rings. The minimum atomic E-state index is 0.306. The van der Waals surface area contributed by atoms with Gasteiger partial charge in [-0.25, -0.2) is 0 Å². The molecule has 0 amide bonds. The van der Waals surface area contributed by atoms with Crippen LogP contribution < -0.4 is 5.73 Å². The van der Waals surface area contributed by atoms with Gasteiger partial charge in [-0.15, -0.1) is 0 Å². The molecule has 3 heteroatoms. The predicted octanol–water partition coefficient (Wildman–Crippen LogP) is 0.198. The molecule has 12 heavy (non-hydrogen) atoms. The Morgan fingerprint density at radius 3 is 3.08 bits per heavy atom. The van der Waals surface area contributed by atoms with Gasteiger partial charge >= 0.3 is 0 Å². The van der Waals surface area contributed by atoms with Crippen molar-refractivity contribution in [3.8, 4) is 0 Å². The van der Waals surface area contributed by atoms with Crippen LogP contribution in [0.15, 0.2) is 0 Å². The maximum atomic E-state index is 5.83. The Balaban J connectivity index is 2.09. The molecule has 2 aliphatic rings. The summed E-state index contributed by atoms with van der Waals surface area (Å²) >= 11 is 0. The molecule has 0 spiro atoms. The first-order valence-corrected chi connectivity index (χ1v) is 4.79. The first-order valence-electron chi connectivity index (χ1n) is 4.79. The number of fused-ring (bicyclic) bond motifs is 1. The Morgan fingerprint density at radius 1 is 1.67 bits per heavy atom. The summed E-state index contributed by atoms with van der Waals surface area (Å²) < 4.78 is 5.38. The topological polar surface area (TPSA) is 38.5 Å². The van der Waals surface area contributed by atoms with Crippen LogP contribution >= 0.6 is 0 Å². The van der Waals surface area contributed by atoms with E-state index in [2.05, 4.69) is 4.90 Å². The molecule has 2 rings (SSSR count). The number of hydrogen-bond donors (Lipinski definition) is 1. The molecule has 0 aliphatic carbocycles. The summed E-state index contributed by atoms with van der Waals surface area (Å²) in [4.78, 5) is 2.52. The number of nitrogens with zero attached hydrogens (tertiary/aromatic N) is 1.